The highest BCUT2D eigenvalue weighted by molar-refractivity contribution is 5.88. The average Bonchev–Trinajstić information content (AvgIpc) is 3.52. The number of nitrogens with two attached hydrogens (primary N) is 1. The van der Waals surface area contributed by atoms with Gasteiger partial charge in [-0.1, -0.05) is 30.3 Å². The summed E-state index contributed by atoms with van der Waals surface area (Å²) in [5.41, 5.74) is 11.3. The highest BCUT2D eigenvalue weighted by atomic mass is 19.4. The van der Waals surface area contributed by atoms with E-state index in [0.29, 0.717) is 26.2 Å². The summed E-state index contributed by atoms with van der Waals surface area (Å²) in [5, 5.41) is 10.3. The van der Waals surface area contributed by atoms with Gasteiger partial charge in [0.25, 0.3) is 0 Å². The maximum absolute atomic E-state index is 12.7. The van der Waals surface area contributed by atoms with Crippen molar-refractivity contribution in [3.63, 3.8) is 0 Å². The van der Waals surface area contributed by atoms with E-state index in [1.807, 2.05) is 69.2 Å². The van der Waals surface area contributed by atoms with Crippen LogP contribution in [0.15, 0.2) is 72.0 Å². The van der Waals surface area contributed by atoms with Gasteiger partial charge in [-0.15, -0.1) is 0 Å². The minimum atomic E-state index is -4.84. The molecule has 4 heterocycles. The Kier molecular flexibility index (Phi) is 6.35. The number of nitrogens with zero attached hydrogens (tertiary/aromatic N) is 7. The van der Waals surface area contributed by atoms with Gasteiger partial charge in [0.1, 0.15) is 12.5 Å². The number of aromatic nitrogens is 3. The van der Waals surface area contributed by atoms with Crippen LogP contribution in [0.25, 0.3) is 10.9 Å². The second kappa shape index (κ2) is 9.86. The van der Waals surface area contributed by atoms with Crippen molar-refractivity contribution in [3.8, 4) is 0 Å². The van der Waals surface area contributed by atoms with Crippen LogP contribution in [-0.2, 0) is 17.9 Å². The Labute approximate surface area is 222 Å². The Hall–Kier alpha value is -4.16. The lowest BCUT2D eigenvalue weighted by Crippen LogP contribution is -2.52. The molecule has 2 aliphatic rings. The topological polar surface area (TPSA) is 87.9 Å². The number of carbonyl (C=O) groups excluding carboxylic acids is 1. The molecule has 2 N–H and O–H groups in total. The van der Waals surface area contributed by atoms with Gasteiger partial charge in [-0.25, -0.2) is 4.68 Å². The first kappa shape index (κ1) is 25.1. The molecule has 4 aromatic rings. The first-order valence-corrected chi connectivity index (χ1v) is 12.6. The molecule has 2 aromatic heterocycles. The largest absolute Gasteiger partial charge is 0.471 e. The first-order chi connectivity index (χ1) is 18.8. The van der Waals surface area contributed by atoms with Gasteiger partial charge >= 0.3 is 12.1 Å². The smallest absolute Gasteiger partial charge is 0.332 e. The number of amides is 1. The number of rotatable bonds is 5. The quantitative estimate of drug-likeness (QED) is 0.423. The molecular formula is C27H27F3N8O. The average molecular weight is 537 g/mol. The van der Waals surface area contributed by atoms with Crippen LogP contribution in [0.2, 0.25) is 0 Å². The van der Waals surface area contributed by atoms with Crippen LogP contribution in [-0.4, -0.2) is 68.9 Å². The standard InChI is InChI=1S/C27H27F3N8O/c28-27(29,30)26(39)35-12-10-34(11-13-35)17-22-7-9-24-25(31)37(18-32-38(22)24)21-6-8-23-20(14-21)16-36(33-23)15-19-4-2-1-3-5-19/h1-9,14,16,18,25H,10-13,15,17,31H2. The highest BCUT2D eigenvalue weighted by Gasteiger charge is 2.43. The van der Waals surface area contributed by atoms with Gasteiger partial charge in [0.15, 0.2) is 0 Å². The molecule has 0 aliphatic carbocycles. The molecule has 12 heteroatoms. The molecule has 1 atom stereocenters. The summed E-state index contributed by atoms with van der Waals surface area (Å²) in [6.45, 7) is 1.94. The number of anilines is 1. The molecule has 2 aliphatic heterocycles. The van der Waals surface area contributed by atoms with Gasteiger partial charge in [-0.3, -0.25) is 14.4 Å². The van der Waals surface area contributed by atoms with Crippen LogP contribution in [0.4, 0.5) is 18.9 Å². The van der Waals surface area contributed by atoms with E-state index in [-0.39, 0.29) is 13.1 Å². The van der Waals surface area contributed by atoms with E-state index in [2.05, 4.69) is 22.3 Å². The van der Waals surface area contributed by atoms with Crippen LogP contribution < -0.4 is 10.6 Å². The fourth-order valence-corrected chi connectivity index (χ4v) is 5.12. The fraction of sp³-hybridized carbons (Fsp3) is 0.296. The van der Waals surface area contributed by atoms with Crippen molar-refractivity contribution >= 4 is 28.8 Å². The molecule has 0 bridgehead atoms. The van der Waals surface area contributed by atoms with Gasteiger partial charge in [0, 0.05) is 50.0 Å². The van der Waals surface area contributed by atoms with Crippen molar-refractivity contribution in [2.45, 2.75) is 25.4 Å². The lowest BCUT2D eigenvalue weighted by atomic mass is 10.2. The van der Waals surface area contributed by atoms with Crippen molar-refractivity contribution in [1.29, 1.82) is 0 Å². The second-order valence-corrected chi connectivity index (χ2v) is 9.77. The molecule has 1 amide bonds. The molecule has 0 saturated carbocycles. The number of alkyl halides is 3. The number of fused-ring (bicyclic) bond motifs is 2. The molecular weight excluding hydrogens is 509 g/mol. The molecule has 0 radical (unpaired) electrons. The number of piperazine rings is 1. The van der Waals surface area contributed by atoms with Crippen LogP contribution in [0.1, 0.15) is 23.1 Å². The van der Waals surface area contributed by atoms with E-state index >= 15 is 0 Å². The molecule has 202 valence electrons. The van der Waals surface area contributed by atoms with Crippen LogP contribution in [0.5, 0.6) is 0 Å². The van der Waals surface area contributed by atoms with Gasteiger partial charge in [0.05, 0.1) is 23.4 Å². The van der Waals surface area contributed by atoms with E-state index in [1.54, 1.807) is 11.0 Å². The molecule has 6 rings (SSSR count). The van der Waals surface area contributed by atoms with E-state index < -0.39 is 18.2 Å². The molecule has 1 unspecified atom stereocenters. The van der Waals surface area contributed by atoms with Crippen molar-refractivity contribution in [3.05, 3.63) is 83.8 Å². The Morgan fingerprint density at radius 2 is 1.74 bits per heavy atom. The minimum absolute atomic E-state index is 0.0346. The Morgan fingerprint density at radius 3 is 2.49 bits per heavy atom. The SMILES string of the molecule is NC1c2ccc(CN3CCN(C(=O)C(F)(F)F)CC3)n2N=CN1c1ccc2nn(Cc3ccccc3)cc2c1. The van der Waals surface area contributed by atoms with Crippen molar-refractivity contribution in [2.75, 3.05) is 31.1 Å². The molecule has 2 aromatic carbocycles. The maximum Gasteiger partial charge on any atom is 0.471 e. The zero-order valence-electron chi connectivity index (χ0n) is 21.0. The Morgan fingerprint density at radius 1 is 0.974 bits per heavy atom. The summed E-state index contributed by atoms with van der Waals surface area (Å²) >= 11 is 0. The summed E-state index contributed by atoms with van der Waals surface area (Å²) in [5.74, 6) is -1.78. The van der Waals surface area contributed by atoms with E-state index in [0.717, 1.165) is 32.9 Å². The van der Waals surface area contributed by atoms with Gasteiger partial charge < -0.3 is 15.5 Å². The predicted octanol–water partition coefficient (Wildman–Crippen LogP) is 3.36. The third-order valence-electron chi connectivity index (χ3n) is 7.17. The predicted molar refractivity (Wildman–Crippen MR) is 141 cm³/mol. The van der Waals surface area contributed by atoms with Crippen molar-refractivity contribution in [2.24, 2.45) is 10.8 Å². The normalized spacial score (nSPS) is 18.1. The van der Waals surface area contributed by atoms with Crippen molar-refractivity contribution < 1.29 is 18.0 Å². The molecule has 39 heavy (non-hydrogen) atoms. The Bertz CT molecular complexity index is 1520. The molecule has 0 spiro atoms. The molecule has 1 fully saturated rings. The third-order valence-corrected chi connectivity index (χ3v) is 7.17. The van der Waals surface area contributed by atoms with Crippen LogP contribution >= 0.6 is 0 Å². The summed E-state index contributed by atoms with van der Waals surface area (Å²) < 4.78 is 41.9. The zero-order valence-corrected chi connectivity index (χ0v) is 21.0. The number of benzene rings is 2. The number of hydrogen-bond donors (Lipinski definition) is 1. The monoisotopic (exact) mass is 536 g/mol. The number of halogens is 3. The summed E-state index contributed by atoms with van der Waals surface area (Å²) in [6.07, 6.45) is -1.61. The third kappa shape index (κ3) is 5.00. The van der Waals surface area contributed by atoms with Gasteiger partial charge in [0.2, 0.25) is 0 Å². The van der Waals surface area contributed by atoms with Crippen LogP contribution in [0.3, 0.4) is 0 Å². The van der Waals surface area contributed by atoms with E-state index in [4.69, 9.17) is 5.73 Å². The minimum Gasteiger partial charge on any atom is -0.332 e. The van der Waals surface area contributed by atoms with E-state index in [1.165, 1.54) is 5.56 Å². The van der Waals surface area contributed by atoms with Crippen molar-refractivity contribution in [1.82, 2.24) is 24.3 Å². The maximum atomic E-state index is 12.7. The Balaban J connectivity index is 1.14. The number of carbonyl (C=O) groups is 1. The zero-order chi connectivity index (χ0) is 27.1. The molecule has 9 nitrogen and oxygen atoms in total. The lowest BCUT2D eigenvalue weighted by Gasteiger charge is -2.35. The van der Waals surface area contributed by atoms with Crippen LogP contribution in [0, 0.1) is 0 Å². The van der Waals surface area contributed by atoms with Gasteiger partial charge in [-0.2, -0.15) is 23.4 Å². The lowest BCUT2D eigenvalue weighted by molar-refractivity contribution is -0.187. The highest BCUT2D eigenvalue weighted by Crippen LogP contribution is 2.30. The summed E-state index contributed by atoms with van der Waals surface area (Å²) in [4.78, 5) is 16.3. The second-order valence-electron chi connectivity index (χ2n) is 9.77. The fourth-order valence-electron chi connectivity index (χ4n) is 5.12. The summed E-state index contributed by atoms with van der Waals surface area (Å²) in [6, 6.07) is 20.0. The molecule has 1 saturated heterocycles. The van der Waals surface area contributed by atoms with E-state index in [9.17, 15) is 18.0 Å². The van der Waals surface area contributed by atoms with Gasteiger partial charge in [-0.05, 0) is 35.9 Å². The number of hydrogen-bond acceptors (Lipinski definition) is 6. The summed E-state index contributed by atoms with van der Waals surface area (Å²) in [7, 11) is 0. The first-order valence-electron chi connectivity index (χ1n) is 12.6.